The maximum absolute atomic E-state index is 11.7. The molecule has 0 saturated carbocycles. The fourth-order valence-corrected chi connectivity index (χ4v) is 1.94. The maximum atomic E-state index is 11.7. The van der Waals surface area contributed by atoms with E-state index in [1.54, 1.807) is 6.08 Å². The molecule has 1 amide bonds. The van der Waals surface area contributed by atoms with Gasteiger partial charge in [-0.25, -0.2) is 0 Å². The Morgan fingerprint density at radius 1 is 1.33 bits per heavy atom. The first kappa shape index (κ1) is 17.4. The molecule has 1 N–H and O–H groups in total. The van der Waals surface area contributed by atoms with Crippen LogP contribution in [0.4, 0.5) is 0 Å². The van der Waals surface area contributed by atoms with Crippen LogP contribution < -0.4 is 5.32 Å². The number of ether oxygens (including phenoxy) is 1. The van der Waals surface area contributed by atoms with Crippen molar-refractivity contribution in [2.75, 3.05) is 19.8 Å². The van der Waals surface area contributed by atoms with E-state index in [9.17, 15) is 4.79 Å². The number of hydrogen-bond donors (Lipinski definition) is 1. The van der Waals surface area contributed by atoms with Crippen LogP contribution in [0.2, 0.25) is 0 Å². The molecule has 3 heteroatoms. The summed E-state index contributed by atoms with van der Waals surface area (Å²) in [6.07, 6.45) is 4.29. The zero-order valence-corrected chi connectivity index (χ0v) is 13.6. The van der Waals surface area contributed by atoms with E-state index in [1.165, 1.54) is 11.1 Å². The summed E-state index contributed by atoms with van der Waals surface area (Å²) in [7, 11) is 0. The Morgan fingerprint density at radius 2 is 2.10 bits per heavy atom. The van der Waals surface area contributed by atoms with Gasteiger partial charge in [0.15, 0.2) is 0 Å². The van der Waals surface area contributed by atoms with Crippen molar-refractivity contribution in [1.82, 2.24) is 5.32 Å². The molecule has 0 aliphatic heterocycles. The number of carbonyl (C=O) groups excluding carboxylic acids is 1. The highest BCUT2D eigenvalue weighted by molar-refractivity contribution is 5.91. The molecule has 0 aromatic heterocycles. The molecule has 0 spiro atoms. The summed E-state index contributed by atoms with van der Waals surface area (Å²) in [6, 6.07) is 6.20. The average Bonchev–Trinajstić information content (AvgIpc) is 2.41. The van der Waals surface area contributed by atoms with Gasteiger partial charge in [-0.3, -0.25) is 4.79 Å². The van der Waals surface area contributed by atoms with E-state index in [0.717, 1.165) is 18.6 Å². The number of benzene rings is 1. The van der Waals surface area contributed by atoms with Crippen molar-refractivity contribution >= 4 is 12.0 Å². The Morgan fingerprint density at radius 3 is 2.76 bits per heavy atom. The quantitative estimate of drug-likeness (QED) is 0.587. The van der Waals surface area contributed by atoms with Crippen LogP contribution in [0.25, 0.3) is 6.08 Å². The number of rotatable bonds is 8. The van der Waals surface area contributed by atoms with Gasteiger partial charge in [0.2, 0.25) is 5.91 Å². The van der Waals surface area contributed by atoms with E-state index in [4.69, 9.17) is 4.74 Å². The number of hydrogen-bond acceptors (Lipinski definition) is 2. The van der Waals surface area contributed by atoms with Crippen LogP contribution >= 0.6 is 0 Å². The smallest absolute Gasteiger partial charge is 0.244 e. The highest BCUT2D eigenvalue weighted by Crippen LogP contribution is 2.11. The van der Waals surface area contributed by atoms with Gasteiger partial charge in [-0.1, -0.05) is 37.6 Å². The van der Waals surface area contributed by atoms with Gasteiger partial charge < -0.3 is 10.1 Å². The summed E-state index contributed by atoms with van der Waals surface area (Å²) in [5.41, 5.74) is 3.49. The summed E-state index contributed by atoms with van der Waals surface area (Å²) in [4.78, 5) is 11.7. The monoisotopic (exact) mass is 289 g/mol. The van der Waals surface area contributed by atoms with Crippen molar-refractivity contribution in [3.05, 3.63) is 41.0 Å². The minimum atomic E-state index is -0.0566. The molecule has 0 bridgehead atoms. The lowest BCUT2D eigenvalue weighted by Gasteiger charge is -2.06. The number of carbonyl (C=O) groups is 1. The van der Waals surface area contributed by atoms with Crippen molar-refractivity contribution in [1.29, 1.82) is 0 Å². The van der Waals surface area contributed by atoms with Crippen molar-refractivity contribution in [3.63, 3.8) is 0 Å². The summed E-state index contributed by atoms with van der Waals surface area (Å²) in [5.74, 6) is 0.499. The van der Waals surface area contributed by atoms with Crippen LogP contribution in [-0.4, -0.2) is 25.7 Å². The Labute approximate surface area is 128 Å². The Hall–Kier alpha value is -1.61. The van der Waals surface area contributed by atoms with Crippen LogP contribution in [0.15, 0.2) is 24.3 Å². The molecular formula is C18H27NO2. The minimum absolute atomic E-state index is 0.0566. The lowest BCUT2D eigenvalue weighted by Crippen LogP contribution is -2.23. The second-order valence-electron chi connectivity index (χ2n) is 5.81. The predicted octanol–water partition coefficient (Wildman–Crippen LogP) is 3.50. The molecule has 0 radical (unpaired) electrons. The van der Waals surface area contributed by atoms with Crippen LogP contribution in [0.5, 0.6) is 0 Å². The Bertz CT molecular complexity index is 478. The van der Waals surface area contributed by atoms with Crippen LogP contribution in [0, 0.1) is 19.8 Å². The molecule has 0 aliphatic rings. The van der Waals surface area contributed by atoms with Crippen molar-refractivity contribution in [2.24, 2.45) is 5.92 Å². The van der Waals surface area contributed by atoms with Gasteiger partial charge in [0.05, 0.1) is 0 Å². The zero-order chi connectivity index (χ0) is 15.7. The minimum Gasteiger partial charge on any atom is -0.381 e. The third-order valence-corrected chi connectivity index (χ3v) is 3.06. The summed E-state index contributed by atoms with van der Waals surface area (Å²) < 4.78 is 5.46. The van der Waals surface area contributed by atoms with Gasteiger partial charge in [0.1, 0.15) is 0 Å². The van der Waals surface area contributed by atoms with Gasteiger partial charge in [-0.05, 0) is 43.4 Å². The molecule has 21 heavy (non-hydrogen) atoms. The lowest BCUT2D eigenvalue weighted by molar-refractivity contribution is -0.116. The molecule has 1 rings (SSSR count). The molecule has 0 heterocycles. The van der Waals surface area contributed by atoms with E-state index in [2.05, 4.69) is 45.1 Å². The number of nitrogens with one attached hydrogen (secondary N) is 1. The summed E-state index contributed by atoms with van der Waals surface area (Å²) in [5, 5.41) is 2.87. The summed E-state index contributed by atoms with van der Waals surface area (Å²) in [6.45, 7) is 10.5. The van der Waals surface area contributed by atoms with Crippen LogP contribution in [0.1, 0.15) is 37.0 Å². The van der Waals surface area contributed by atoms with E-state index >= 15 is 0 Å². The predicted molar refractivity (Wildman–Crippen MR) is 88.2 cm³/mol. The van der Waals surface area contributed by atoms with Crippen molar-refractivity contribution in [3.8, 4) is 0 Å². The maximum Gasteiger partial charge on any atom is 0.244 e. The van der Waals surface area contributed by atoms with E-state index < -0.39 is 0 Å². The van der Waals surface area contributed by atoms with E-state index in [-0.39, 0.29) is 5.91 Å². The molecule has 0 fully saturated rings. The Kier molecular flexibility index (Phi) is 7.76. The molecule has 3 nitrogen and oxygen atoms in total. The lowest BCUT2D eigenvalue weighted by atomic mass is 10.1. The van der Waals surface area contributed by atoms with E-state index in [0.29, 0.717) is 19.1 Å². The van der Waals surface area contributed by atoms with Crippen molar-refractivity contribution < 1.29 is 9.53 Å². The first-order chi connectivity index (χ1) is 9.99. The zero-order valence-electron chi connectivity index (χ0n) is 13.6. The fraction of sp³-hybridized carbons (Fsp3) is 0.500. The second-order valence-corrected chi connectivity index (χ2v) is 5.81. The molecule has 0 saturated heterocycles. The van der Waals surface area contributed by atoms with Crippen molar-refractivity contribution in [2.45, 2.75) is 34.1 Å². The standard InChI is InChI=1S/C18H27NO2/c1-14(2)13-21-11-5-10-19-18(20)9-8-17-7-6-15(3)12-16(17)4/h6-9,12,14H,5,10-11,13H2,1-4H3,(H,19,20)/b9-8+. The third-order valence-electron chi connectivity index (χ3n) is 3.06. The highest BCUT2D eigenvalue weighted by Gasteiger charge is 1.98. The SMILES string of the molecule is Cc1ccc(/C=C/C(=O)NCCCOCC(C)C)c(C)c1. The first-order valence-electron chi connectivity index (χ1n) is 7.60. The number of aryl methyl sites for hydroxylation is 2. The molecule has 0 aliphatic carbocycles. The van der Waals surface area contributed by atoms with Gasteiger partial charge >= 0.3 is 0 Å². The fourth-order valence-electron chi connectivity index (χ4n) is 1.94. The molecule has 1 aromatic carbocycles. The molecule has 0 atom stereocenters. The van der Waals surface area contributed by atoms with Crippen LogP contribution in [0.3, 0.4) is 0 Å². The number of amides is 1. The first-order valence-corrected chi connectivity index (χ1v) is 7.60. The van der Waals surface area contributed by atoms with E-state index in [1.807, 2.05) is 12.1 Å². The molecule has 1 aromatic rings. The molecule has 116 valence electrons. The van der Waals surface area contributed by atoms with Gasteiger partial charge in [0.25, 0.3) is 0 Å². The summed E-state index contributed by atoms with van der Waals surface area (Å²) >= 11 is 0. The van der Waals surface area contributed by atoms with Gasteiger partial charge in [0, 0.05) is 25.8 Å². The molecule has 0 unspecified atom stereocenters. The van der Waals surface area contributed by atoms with Gasteiger partial charge in [-0.15, -0.1) is 0 Å². The average molecular weight is 289 g/mol. The normalized spacial score (nSPS) is 11.3. The van der Waals surface area contributed by atoms with Gasteiger partial charge in [-0.2, -0.15) is 0 Å². The molecular weight excluding hydrogens is 262 g/mol. The third kappa shape index (κ3) is 7.66. The van der Waals surface area contributed by atoms with Crippen LogP contribution in [-0.2, 0) is 9.53 Å². The topological polar surface area (TPSA) is 38.3 Å². The highest BCUT2D eigenvalue weighted by atomic mass is 16.5. The second kappa shape index (κ2) is 9.35. The largest absolute Gasteiger partial charge is 0.381 e. The Balaban J connectivity index is 2.25.